The number of aliphatic imine (C=N–C) groups is 1. The molecular weight excluding hydrogens is 433 g/mol. The van der Waals surface area contributed by atoms with Crippen molar-refractivity contribution in [3.63, 3.8) is 0 Å². The van der Waals surface area contributed by atoms with Gasteiger partial charge in [-0.3, -0.25) is 4.99 Å². The molecule has 1 heterocycles. The summed E-state index contributed by atoms with van der Waals surface area (Å²) in [5.41, 5.74) is 0.870. The van der Waals surface area contributed by atoms with Crippen LogP contribution in [0.15, 0.2) is 40.6 Å². The van der Waals surface area contributed by atoms with Gasteiger partial charge < -0.3 is 14.9 Å². The molecule has 0 fully saturated rings. The van der Waals surface area contributed by atoms with E-state index in [2.05, 4.69) is 11.9 Å². The van der Waals surface area contributed by atoms with Gasteiger partial charge in [0.25, 0.3) is 0 Å². The summed E-state index contributed by atoms with van der Waals surface area (Å²) in [7, 11) is 0. The zero-order valence-electron chi connectivity index (χ0n) is 20.7. The highest BCUT2D eigenvalue weighted by atomic mass is 19.1. The summed E-state index contributed by atoms with van der Waals surface area (Å²) in [6.45, 7) is 1.84. The van der Waals surface area contributed by atoms with Crippen molar-refractivity contribution in [1.82, 2.24) is 0 Å². The smallest absolute Gasteiger partial charge is 0.344 e. The Hall–Kier alpha value is -2.21. The van der Waals surface area contributed by atoms with Gasteiger partial charge in [0.15, 0.2) is 11.9 Å². The summed E-state index contributed by atoms with van der Waals surface area (Å²) in [6, 6.07) is 6.38. The van der Waals surface area contributed by atoms with Gasteiger partial charge in [-0.1, -0.05) is 102 Å². The molecule has 6 heteroatoms. The number of halogens is 1. The second kappa shape index (κ2) is 16.4. The maximum absolute atomic E-state index is 14.0. The first-order chi connectivity index (χ1) is 16.6. The predicted molar refractivity (Wildman–Crippen MR) is 134 cm³/mol. The van der Waals surface area contributed by atoms with Gasteiger partial charge in [-0.05, 0) is 18.9 Å². The summed E-state index contributed by atoms with van der Waals surface area (Å²) >= 11 is 0. The molecule has 1 unspecified atom stereocenters. The Bertz CT molecular complexity index is 805. The van der Waals surface area contributed by atoms with Crippen molar-refractivity contribution in [2.75, 3.05) is 6.61 Å². The lowest BCUT2D eigenvalue weighted by Gasteiger charge is -2.08. The number of aliphatic hydroxyl groups excluding tert-OH is 2. The van der Waals surface area contributed by atoms with Crippen LogP contribution >= 0.6 is 0 Å². The molecule has 0 aliphatic carbocycles. The number of benzene rings is 1. The molecular formula is C28H42FNO4. The van der Waals surface area contributed by atoms with E-state index in [4.69, 9.17) is 4.74 Å². The Morgan fingerprint density at radius 1 is 0.941 bits per heavy atom. The van der Waals surface area contributed by atoms with Crippen LogP contribution < -0.4 is 0 Å². The topological polar surface area (TPSA) is 79.1 Å². The van der Waals surface area contributed by atoms with Crippen molar-refractivity contribution in [1.29, 1.82) is 0 Å². The van der Waals surface area contributed by atoms with Crippen molar-refractivity contribution >= 4 is 11.7 Å². The van der Waals surface area contributed by atoms with Gasteiger partial charge in [0, 0.05) is 5.56 Å². The van der Waals surface area contributed by atoms with Crippen LogP contribution in [0.2, 0.25) is 0 Å². The van der Waals surface area contributed by atoms with Gasteiger partial charge in [0.2, 0.25) is 0 Å². The zero-order valence-corrected chi connectivity index (χ0v) is 20.7. The highest BCUT2D eigenvalue weighted by Crippen LogP contribution is 2.25. The van der Waals surface area contributed by atoms with Crippen molar-refractivity contribution in [3.05, 3.63) is 47.0 Å². The predicted octanol–water partition coefficient (Wildman–Crippen LogP) is 6.98. The lowest BCUT2D eigenvalue weighted by Crippen LogP contribution is -2.15. The fourth-order valence-corrected chi connectivity index (χ4v) is 4.30. The number of cyclic esters (lactones) is 1. The highest BCUT2D eigenvalue weighted by molar-refractivity contribution is 6.21. The molecule has 190 valence electrons. The minimum absolute atomic E-state index is 0.0225. The van der Waals surface area contributed by atoms with Crippen LogP contribution in [-0.4, -0.2) is 34.6 Å². The second-order valence-electron chi connectivity index (χ2n) is 9.18. The van der Waals surface area contributed by atoms with E-state index in [-0.39, 0.29) is 23.7 Å². The molecule has 1 aliphatic heterocycles. The van der Waals surface area contributed by atoms with Crippen molar-refractivity contribution in [2.24, 2.45) is 4.99 Å². The van der Waals surface area contributed by atoms with Gasteiger partial charge >= 0.3 is 5.97 Å². The van der Waals surface area contributed by atoms with Crippen LogP contribution in [0.4, 0.5) is 4.39 Å². The van der Waals surface area contributed by atoms with Crippen LogP contribution in [0.5, 0.6) is 0 Å². The maximum Gasteiger partial charge on any atom is 0.344 e. The first kappa shape index (κ1) is 28.0. The molecule has 0 saturated heterocycles. The third kappa shape index (κ3) is 9.57. The van der Waals surface area contributed by atoms with Gasteiger partial charge in [-0.2, -0.15) is 0 Å². The summed E-state index contributed by atoms with van der Waals surface area (Å²) in [6.07, 6.45) is 15.5. The third-order valence-electron chi connectivity index (χ3n) is 6.38. The van der Waals surface area contributed by atoms with Gasteiger partial charge in [-0.15, -0.1) is 0 Å². The first-order valence-corrected chi connectivity index (χ1v) is 13.1. The Labute approximate surface area is 204 Å². The zero-order chi connectivity index (χ0) is 24.6. The standard InChI is InChI=1S/C28H42FNO4/c1-2-3-4-5-6-7-8-9-10-11-12-13-14-19-24(26-27(32)25(21-31)34-28(26)33)30-20-22-17-15-16-18-23(22)29/h15-18,25,31-32H,2-14,19-21H2,1H3. The Morgan fingerprint density at radius 2 is 1.50 bits per heavy atom. The van der Waals surface area contributed by atoms with Gasteiger partial charge in [-0.25, -0.2) is 9.18 Å². The number of hydrogen-bond acceptors (Lipinski definition) is 5. The Balaban J connectivity index is 1.78. The second-order valence-corrected chi connectivity index (χ2v) is 9.18. The summed E-state index contributed by atoms with van der Waals surface area (Å²) < 4.78 is 19.0. The number of rotatable bonds is 18. The molecule has 1 aromatic rings. The molecule has 1 aromatic carbocycles. The van der Waals surface area contributed by atoms with Gasteiger partial charge in [0.05, 0.1) is 18.9 Å². The average Bonchev–Trinajstić information content (AvgIpc) is 3.13. The summed E-state index contributed by atoms with van der Waals surface area (Å²) in [5, 5.41) is 19.7. The fraction of sp³-hybridized carbons (Fsp3) is 0.643. The number of esters is 1. The van der Waals surface area contributed by atoms with E-state index >= 15 is 0 Å². The first-order valence-electron chi connectivity index (χ1n) is 13.1. The number of nitrogens with zero attached hydrogens (tertiary/aromatic N) is 1. The molecule has 34 heavy (non-hydrogen) atoms. The van der Waals surface area contributed by atoms with Crippen molar-refractivity contribution in [2.45, 2.75) is 109 Å². The molecule has 0 spiro atoms. The van der Waals surface area contributed by atoms with Crippen molar-refractivity contribution in [3.8, 4) is 0 Å². The fourth-order valence-electron chi connectivity index (χ4n) is 4.30. The van der Waals surface area contributed by atoms with Crippen LogP contribution in [0.1, 0.15) is 102 Å². The number of carbonyl (C=O) groups excluding carboxylic acids is 1. The molecule has 0 amide bonds. The molecule has 2 rings (SSSR count). The molecule has 0 bridgehead atoms. The molecule has 1 aliphatic rings. The van der Waals surface area contributed by atoms with E-state index in [0.717, 1.165) is 19.3 Å². The maximum atomic E-state index is 14.0. The quantitative estimate of drug-likeness (QED) is 0.136. The van der Waals surface area contributed by atoms with E-state index in [1.54, 1.807) is 18.2 Å². The van der Waals surface area contributed by atoms with E-state index < -0.39 is 18.7 Å². The van der Waals surface area contributed by atoms with Gasteiger partial charge in [0.1, 0.15) is 11.4 Å². The monoisotopic (exact) mass is 475 g/mol. The van der Waals surface area contributed by atoms with E-state index in [1.807, 2.05) is 0 Å². The molecule has 1 atom stereocenters. The SMILES string of the molecule is CCCCCCCCCCCCCCCC(=NCc1ccccc1F)C1=C(O)C(CO)OC1=O. The number of carbonyl (C=O) groups is 1. The highest BCUT2D eigenvalue weighted by Gasteiger charge is 2.36. The summed E-state index contributed by atoms with van der Waals surface area (Å²) in [4.78, 5) is 16.8. The third-order valence-corrected chi connectivity index (χ3v) is 6.38. The minimum atomic E-state index is -1.05. The van der Waals surface area contributed by atoms with E-state index in [9.17, 15) is 19.4 Å². The molecule has 0 aromatic heterocycles. The largest absolute Gasteiger partial charge is 0.507 e. The number of unbranched alkanes of at least 4 members (excludes halogenated alkanes) is 12. The van der Waals surface area contributed by atoms with Crippen molar-refractivity contribution < 1.29 is 24.1 Å². The average molecular weight is 476 g/mol. The van der Waals surface area contributed by atoms with Crippen LogP contribution in [0, 0.1) is 5.82 Å². The molecule has 0 saturated carbocycles. The Kier molecular flexibility index (Phi) is 13.5. The van der Waals surface area contributed by atoms with Crippen LogP contribution in [0.3, 0.4) is 0 Å². The van der Waals surface area contributed by atoms with E-state index in [0.29, 0.717) is 17.7 Å². The summed E-state index contributed by atoms with van der Waals surface area (Å²) in [5.74, 6) is -1.32. The lowest BCUT2D eigenvalue weighted by molar-refractivity contribution is -0.141. The van der Waals surface area contributed by atoms with Crippen LogP contribution in [0.25, 0.3) is 0 Å². The normalized spacial score (nSPS) is 16.4. The molecule has 0 radical (unpaired) electrons. The number of aliphatic hydroxyl groups is 2. The van der Waals surface area contributed by atoms with E-state index in [1.165, 1.54) is 70.3 Å². The number of ether oxygens (including phenoxy) is 1. The molecule has 2 N–H and O–H groups in total. The lowest BCUT2D eigenvalue weighted by atomic mass is 10.0. The minimum Gasteiger partial charge on any atom is -0.507 e. The number of hydrogen-bond donors (Lipinski definition) is 2. The molecule has 5 nitrogen and oxygen atoms in total. The van der Waals surface area contributed by atoms with Crippen LogP contribution in [-0.2, 0) is 16.1 Å². The Morgan fingerprint density at radius 3 is 2.03 bits per heavy atom.